The number of ether oxygens (including phenoxy) is 1. The summed E-state index contributed by atoms with van der Waals surface area (Å²) in [4.78, 5) is 6.55. The molecule has 6 nitrogen and oxygen atoms in total. The Bertz CT molecular complexity index is 959. The highest BCUT2D eigenvalue weighted by molar-refractivity contribution is 7.88. The zero-order valence-corrected chi connectivity index (χ0v) is 19.2. The molecule has 1 N–H and O–H groups in total. The first kappa shape index (κ1) is 22.2. The molecular weight excluding hydrogens is 410 g/mol. The Hall–Kier alpha value is -1.96. The van der Waals surface area contributed by atoms with Crippen LogP contribution in [-0.4, -0.2) is 51.0 Å². The SMILES string of the molecule is Cc1ccncc1N1CC[C@H](NS(C)(=O)=O)[C@@H]1COC1CCC(c2ccccc2)CC1. The molecule has 2 heterocycles. The van der Waals surface area contributed by atoms with Crippen LogP contribution in [0.3, 0.4) is 0 Å². The Kier molecular flexibility index (Phi) is 6.94. The molecule has 0 spiro atoms. The Balaban J connectivity index is 1.40. The highest BCUT2D eigenvalue weighted by Gasteiger charge is 2.37. The summed E-state index contributed by atoms with van der Waals surface area (Å²) in [5.74, 6) is 0.613. The van der Waals surface area contributed by atoms with Gasteiger partial charge >= 0.3 is 0 Å². The average Bonchev–Trinajstić information content (AvgIpc) is 3.14. The molecule has 2 aromatic rings. The molecule has 168 valence electrons. The van der Waals surface area contributed by atoms with Gasteiger partial charge in [0.15, 0.2) is 0 Å². The molecule has 2 fully saturated rings. The third-order valence-electron chi connectivity index (χ3n) is 6.68. The van der Waals surface area contributed by atoms with E-state index in [-0.39, 0.29) is 18.2 Å². The van der Waals surface area contributed by atoms with E-state index in [1.54, 1.807) is 6.20 Å². The zero-order valence-electron chi connectivity index (χ0n) is 18.4. The number of nitrogens with one attached hydrogen (secondary N) is 1. The molecule has 1 aliphatic heterocycles. The van der Waals surface area contributed by atoms with Crippen LogP contribution >= 0.6 is 0 Å². The second kappa shape index (κ2) is 9.67. The van der Waals surface area contributed by atoms with Gasteiger partial charge in [-0.3, -0.25) is 4.98 Å². The first-order valence-corrected chi connectivity index (χ1v) is 13.1. The number of aromatic nitrogens is 1. The number of hydrogen-bond acceptors (Lipinski definition) is 5. The predicted molar refractivity (Wildman–Crippen MR) is 124 cm³/mol. The fourth-order valence-electron chi connectivity index (χ4n) is 5.05. The van der Waals surface area contributed by atoms with Crippen molar-refractivity contribution in [3.63, 3.8) is 0 Å². The highest BCUT2D eigenvalue weighted by atomic mass is 32.2. The lowest BCUT2D eigenvalue weighted by Gasteiger charge is -2.34. The summed E-state index contributed by atoms with van der Waals surface area (Å²) in [6.45, 7) is 3.37. The first-order chi connectivity index (χ1) is 14.9. The van der Waals surface area contributed by atoms with Gasteiger partial charge in [-0.2, -0.15) is 0 Å². The normalized spacial score (nSPS) is 26.8. The summed E-state index contributed by atoms with van der Waals surface area (Å²) < 4.78 is 33.1. The monoisotopic (exact) mass is 443 g/mol. The van der Waals surface area contributed by atoms with Gasteiger partial charge in [-0.15, -0.1) is 0 Å². The maximum atomic E-state index is 11.9. The van der Waals surface area contributed by atoms with Crippen molar-refractivity contribution >= 4 is 15.7 Å². The van der Waals surface area contributed by atoms with Gasteiger partial charge in [0.05, 0.1) is 36.9 Å². The number of rotatable bonds is 7. The number of pyridine rings is 1. The van der Waals surface area contributed by atoms with Crippen molar-refractivity contribution in [1.29, 1.82) is 0 Å². The van der Waals surface area contributed by atoms with E-state index in [9.17, 15) is 8.42 Å². The van der Waals surface area contributed by atoms with Gasteiger partial charge in [0, 0.05) is 18.8 Å². The van der Waals surface area contributed by atoms with Gasteiger partial charge in [-0.25, -0.2) is 13.1 Å². The van der Waals surface area contributed by atoms with E-state index in [4.69, 9.17) is 4.74 Å². The number of aryl methyl sites for hydroxylation is 1. The molecule has 0 bridgehead atoms. The zero-order chi connectivity index (χ0) is 21.8. The van der Waals surface area contributed by atoms with E-state index in [0.717, 1.165) is 49.9 Å². The van der Waals surface area contributed by atoms with E-state index in [2.05, 4.69) is 51.9 Å². The maximum Gasteiger partial charge on any atom is 0.209 e. The Morgan fingerprint density at radius 3 is 2.52 bits per heavy atom. The molecule has 0 amide bonds. The number of hydrogen-bond donors (Lipinski definition) is 1. The second-order valence-electron chi connectivity index (χ2n) is 8.93. The first-order valence-electron chi connectivity index (χ1n) is 11.2. The smallest absolute Gasteiger partial charge is 0.209 e. The fourth-order valence-corrected chi connectivity index (χ4v) is 5.88. The molecule has 1 aliphatic carbocycles. The third kappa shape index (κ3) is 5.64. The van der Waals surface area contributed by atoms with Crippen molar-refractivity contribution in [3.8, 4) is 0 Å². The van der Waals surface area contributed by atoms with Gasteiger partial charge in [0.25, 0.3) is 0 Å². The van der Waals surface area contributed by atoms with Crippen molar-refractivity contribution in [2.75, 3.05) is 24.3 Å². The van der Waals surface area contributed by atoms with Crippen LogP contribution in [0.15, 0.2) is 48.8 Å². The van der Waals surface area contributed by atoms with E-state index < -0.39 is 10.0 Å². The Labute approximate surface area is 186 Å². The topological polar surface area (TPSA) is 71.5 Å². The predicted octanol–water partition coefficient (Wildman–Crippen LogP) is 3.63. The molecule has 0 radical (unpaired) electrons. The largest absolute Gasteiger partial charge is 0.376 e. The van der Waals surface area contributed by atoms with Gasteiger partial charge < -0.3 is 9.64 Å². The molecule has 2 aliphatic rings. The van der Waals surface area contributed by atoms with Crippen LogP contribution in [0, 0.1) is 6.92 Å². The van der Waals surface area contributed by atoms with Crippen molar-refractivity contribution in [2.45, 2.75) is 63.1 Å². The summed E-state index contributed by atoms with van der Waals surface area (Å²) in [6.07, 6.45) is 10.2. The highest BCUT2D eigenvalue weighted by Crippen LogP contribution is 2.35. The minimum atomic E-state index is -3.29. The Morgan fingerprint density at radius 1 is 1.10 bits per heavy atom. The van der Waals surface area contributed by atoms with Crippen LogP contribution in [0.2, 0.25) is 0 Å². The standard InChI is InChI=1S/C24H33N3O3S/c1-18-12-14-25-16-23(18)27-15-13-22(26-31(2,28)29)24(27)17-30-21-10-8-20(9-11-21)19-6-4-3-5-7-19/h3-7,12,14,16,20-22,24,26H,8-11,13,15,17H2,1-2H3/t20?,21?,22-,24-/m0/s1. The van der Waals surface area contributed by atoms with Crippen molar-refractivity contribution in [2.24, 2.45) is 0 Å². The van der Waals surface area contributed by atoms with Crippen molar-refractivity contribution in [1.82, 2.24) is 9.71 Å². The van der Waals surface area contributed by atoms with Crippen LogP contribution < -0.4 is 9.62 Å². The van der Waals surface area contributed by atoms with Crippen LogP contribution in [0.4, 0.5) is 5.69 Å². The van der Waals surface area contributed by atoms with Crippen LogP contribution in [0.1, 0.15) is 49.1 Å². The van der Waals surface area contributed by atoms with Crippen molar-refractivity contribution < 1.29 is 13.2 Å². The summed E-state index contributed by atoms with van der Waals surface area (Å²) in [5, 5.41) is 0. The maximum absolute atomic E-state index is 11.9. The van der Waals surface area contributed by atoms with E-state index in [1.165, 1.54) is 11.8 Å². The molecule has 4 rings (SSSR count). The summed E-state index contributed by atoms with van der Waals surface area (Å²) in [5.41, 5.74) is 3.62. The van der Waals surface area contributed by atoms with Gasteiger partial charge in [-0.1, -0.05) is 30.3 Å². The van der Waals surface area contributed by atoms with E-state index >= 15 is 0 Å². The molecule has 0 unspecified atom stereocenters. The third-order valence-corrected chi connectivity index (χ3v) is 7.41. The van der Waals surface area contributed by atoms with Gasteiger partial charge in [0.1, 0.15) is 0 Å². The number of anilines is 1. The van der Waals surface area contributed by atoms with E-state index in [1.807, 2.05) is 12.3 Å². The van der Waals surface area contributed by atoms with E-state index in [0.29, 0.717) is 12.5 Å². The lowest BCUT2D eigenvalue weighted by Crippen LogP contribution is -2.48. The number of benzene rings is 1. The minimum Gasteiger partial charge on any atom is -0.376 e. The number of nitrogens with zero attached hydrogens (tertiary/aromatic N) is 2. The fraction of sp³-hybridized carbons (Fsp3) is 0.542. The van der Waals surface area contributed by atoms with Crippen LogP contribution in [0.5, 0.6) is 0 Å². The molecule has 31 heavy (non-hydrogen) atoms. The average molecular weight is 444 g/mol. The summed E-state index contributed by atoms with van der Waals surface area (Å²) in [6, 6.07) is 12.5. The van der Waals surface area contributed by atoms with Crippen molar-refractivity contribution in [3.05, 3.63) is 59.9 Å². The summed E-state index contributed by atoms with van der Waals surface area (Å²) >= 11 is 0. The molecular formula is C24H33N3O3S. The molecule has 1 saturated heterocycles. The quantitative estimate of drug-likeness (QED) is 0.708. The molecule has 1 saturated carbocycles. The second-order valence-corrected chi connectivity index (χ2v) is 10.7. The lowest BCUT2D eigenvalue weighted by molar-refractivity contribution is 0.0157. The molecule has 7 heteroatoms. The van der Waals surface area contributed by atoms with Crippen LogP contribution in [0.25, 0.3) is 0 Å². The molecule has 1 aromatic heterocycles. The minimum absolute atomic E-state index is 0.0375. The van der Waals surface area contributed by atoms with Crippen LogP contribution in [-0.2, 0) is 14.8 Å². The number of sulfonamides is 1. The van der Waals surface area contributed by atoms with Gasteiger partial charge in [0.2, 0.25) is 10.0 Å². The molecule has 2 atom stereocenters. The molecule has 1 aromatic carbocycles. The Morgan fingerprint density at radius 2 is 1.84 bits per heavy atom. The lowest BCUT2D eigenvalue weighted by atomic mass is 9.83. The summed E-state index contributed by atoms with van der Waals surface area (Å²) in [7, 11) is -3.29. The van der Waals surface area contributed by atoms with Gasteiger partial charge in [-0.05, 0) is 62.1 Å².